The summed E-state index contributed by atoms with van der Waals surface area (Å²) in [5, 5.41) is 3.82. The Balaban J connectivity index is 1.39. The lowest BCUT2D eigenvalue weighted by Gasteiger charge is -2.28. The minimum atomic E-state index is -0.112. The topological polar surface area (TPSA) is 67.4 Å². The molecule has 0 atom stereocenters. The number of hydrogen-bond donors (Lipinski definition) is 1. The van der Waals surface area contributed by atoms with Gasteiger partial charge in [0.1, 0.15) is 15.7 Å². The fourth-order valence-corrected chi connectivity index (χ4v) is 3.74. The molecule has 1 saturated heterocycles. The molecule has 4 rings (SSSR count). The number of anilines is 1. The van der Waals surface area contributed by atoms with Gasteiger partial charge in [-0.2, -0.15) is 0 Å². The van der Waals surface area contributed by atoms with E-state index in [1.807, 2.05) is 42.5 Å². The van der Waals surface area contributed by atoms with Crippen LogP contribution in [0.15, 0.2) is 54.9 Å². The smallest absolute Gasteiger partial charge is 0.263 e. The van der Waals surface area contributed by atoms with Crippen LogP contribution in [0.1, 0.15) is 15.2 Å². The first-order valence-corrected chi connectivity index (χ1v) is 9.68. The van der Waals surface area contributed by atoms with Gasteiger partial charge in [0, 0.05) is 31.4 Å². The highest BCUT2D eigenvalue weighted by atomic mass is 32.1. The van der Waals surface area contributed by atoms with Crippen molar-refractivity contribution < 1.29 is 9.53 Å². The lowest BCUT2D eigenvalue weighted by Crippen LogP contribution is -2.36. The number of morpholine rings is 1. The maximum absolute atomic E-state index is 12.5. The molecule has 3 heterocycles. The van der Waals surface area contributed by atoms with E-state index in [1.165, 1.54) is 11.3 Å². The largest absolute Gasteiger partial charge is 0.378 e. The standard InChI is InChI=1S/C20H20N4O2S/c25-19(17-14-23-20(27-17)16-4-2-1-3-5-16)22-13-15-6-7-21-18(12-15)24-8-10-26-11-9-24/h1-7,12,14H,8-11,13H2,(H,22,25). The number of amides is 1. The maximum atomic E-state index is 12.5. The zero-order valence-electron chi connectivity index (χ0n) is 14.8. The molecule has 1 aromatic carbocycles. The molecule has 6 nitrogen and oxygen atoms in total. The van der Waals surface area contributed by atoms with Crippen LogP contribution in [0, 0.1) is 0 Å². The lowest BCUT2D eigenvalue weighted by atomic mass is 10.2. The predicted molar refractivity (Wildman–Crippen MR) is 106 cm³/mol. The summed E-state index contributed by atoms with van der Waals surface area (Å²) in [6.45, 7) is 3.57. The summed E-state index contributed by atoms with van der Waals surface area (Å²) in [5.41, 5.74) is 2.04. The number of thiazole rings is 1. The Morgan fingerprint density at radius 1 is 1.15 bits per heavy atom. The minimum Gasteiger partial charge on any atom is -0.378 e. The molecule has 0 radical (unpaired) electrons. The van der Waals surface area contributed by atoms with Crippen LogP contribution < -0.4 is 10.2 Å². The molecule has 1 aliphatic heterocycles. The number of aromatic nitrogens is 2. The minimum absolute atomic E-state index is 0.112. The first-order valence-electron chi connectivity index (χ1n) is 8.87. The molecule has 1 N–H and O–H groups in total. The number of benzene rings is 1. The number of pyridine rings is 1. The van der Waals surface area contributed by atoms with Gasteiger partial charge in [-0.1, -0.05) is 30.3 Å². The molecule has 0 spiro atoms. The zero-order valence-corrected chi connectivity index (χ0v) is 15.6. The van der Waals surface area contributed by atoms with Gasteiger partial charge in [0.25, 0.3) is 5.91 Å². The Morgan fingerprint density at radius 3 is 2.78 bits per heavy atom. The SMILES string of the molecule is O=C(NCc1ccnc(N2CCOCC2)c1)c1cnc(-c2ccccc2)s1. The van der Waals surface area contributed by atoms with E-state index in [0.717, 1.165) is 48.3 Å². The summed E-state index contributed by atoms with van der Waals surface area (Å²) < 4.78 is 5.38. The van der Waals surface area contributed by atoms with Gasteiger partial charge < -0.3 is 15.0 Å². The third-order valence-electron chi connectivity index (χ3n) is 4.35. The van der Waals surface area contributed by atoms with Crippen LogP contribution in [0.3, 0.4) is 0 Å². The van der Waals surface area contributed by atoms with Gasteiger partial charge in [0.15, 0.2) is 0 Å². The fraction of sp³-hybridized carbons (Fsp3) is 0.250. The Labute approximate surface area is 161 Å². The van der Waals surface area contributed by atoms with E-state index < -0.39 is 0 Å². The average molecular weight is 380 g/mol. The van der Waals surface area contributed by atoms with Crippen molar-refractivity contribution in [2.75, 3.05) is 31.2 Å². The first kappa shape index (κ1) is 17.6. The number of nitrogens with one attached hydrogen (secondary N) is 1. The number of carbonyl (C=O) groups is 1. The molecule has 0 unspecified atom stereocenters. The highest BCUT2D eigenvalue weighted by Crippen LogP contribution is 2.24. The normalized spacial score (nSPS) is 14.1. The summed E-state index contributed by atoms with van der Waals surface area (Å²) in [6, 6.07) is 13.8. The van der Waals surface area contributed by atoms with E-state index >= 15 is 0 Å². The monoisotopic (exact) mass is 380 g/mol. The lowest BCUT2D eigenvalue weighted by molar-refractivity contribution is 0.0954. The van der Waals surface area contributed by atoms with E-state index in [0.29, 0.717) is 11.4 Å². The van der Waals surface area contributed by atoms with Crippen LogP contribution in [0.4, 0.5) is 5.82 Å². The van der Waals surface area contributed by atoms with E-state index in [4.69, 9.17) is 4.74 Å². The average Bonchev–Trinajstić information content (AvgIpc) is 3.24. The Kier molecular flexibility index (Phi) is 5.41. The molecule has 3 aromatic rings. The highest BCUT2D eigenvalue weighted by molar-refractivity contribution is 7.16. The van der Waals surface area contributed by atoms with Gasteiger partial charge >= 0.3 is 0 Å². The van der Waals surface area contributed by atoms with E-state index in [-0.39, 0.29) is 5.91 Å². The van der Waals surface area contributed by atoms with Crippen LogP contribution in [0.5, 0.6) is 0 Å². The predicted octanol–water partition coefficient (Wildman–Crippen LogP) is 2.97. The van der Waals surface area contributed by atoms with Gasteiger partial charge in [-0.3, -0.25) is 4.79 Å². The number of carbonyl (C=O) groups excluding carboxylic acids is 1. The van der Waals surface area contributed by atoms with Crippen LogP contribution in [0.2, 0.25) is 0 Å². The number of rotatable bonds is 5. The molecular formula is C20H20N4O2S. The van der Waals surface area contributed by atoms with E-state index in [9.17, 15) is 4.79 Å². The molecule has 2 aromatic heterocycles. The molecule has 1 amide bonds. The van der Waals surface area contributed by atoms with E-state index in [2.05, 4.69) is 20.2 Å². The van der Waals surface area contributed by atoms with Gasteiger partial charge in [-0.05, 0) is 17.7 Å². The molecule has 1 aliphatic rings. The fourth-order valence-electron chi connectivity index (χ4n) is 2.90. The van der Waals surface area contributed by atoms with Gasteiger partial charge in [0.2, 0.25) is 0 Å². The van der Waals surface area contributed by atoms with Crippen molar-refractivity contribution in [1.82, 2.24) is 15.3 Å². The summed E-state index contributed by atoms with van der Waals surface area (Å²) in [6.07, 6.45) is 3.42. The van der Waals surface area contributed by atoms with Crippen LogP contribution in [0.25, 0.3) is 10.6 Å². The van der Waals surface area contributed by atoms with Crippen molar-refractivity contribution in [1.29, 1.82) is 0 Å². The second-order valence-electron chi connectivity index (χ2n) is 6.20. The molecule has 0 saturated carbocycles. The molecule has 7 heteroatoms. The van der Waals surface area contributed by atoms with Crippen molar-refractivity contribution in [2.45, 2.75) is 6.54 Å². The van der Waals surface area contributed by atoms with Crippen LogP contribution in [-0.4, -0.2) is 42.2 Å². The third kappa shape index (κ3) is 4.32. The van der Waals surface area contributed by atoms with Crippen LogP contribution >= 0.6 is 11.3 Å². The molecule has 0 bridgehead atoms. The van der Waals surface area contributed by atoms with Crippen LogP contribution in [-0.2, 0) is 11.3 Å². The van der Waals surface area contributed by atoms with Crippen molar-refractivity contribution in [3.8, 4) is 10.6 Å². The quantitative estimate of drug-likeness (QED) is 0.737. The Morgan fingerprint density at radius 2 is 1.96 bits per heavy atom. The van der Waals surface area contributed by atoms with Gasteiger partial charge in [0.05, 0.1) is 19.4 Å². The summed E-state index contributed by atoms with van der Waals surface area (Å²) in [7, 11) is 0. The third-order valence-corrected chi connectivity index (χ3v) is 5.39. The number of hydrogen-bond acceptors (Lipinski definition) is 6. The van der Waals surface area contributed by atoms with Crippen molar-refractivity contribution in [3.05, 3.63) is 65.3 Å². The maximum Gasteiger partial charge on any atom is 0.263 e. The second-order valence-corrected chi connectivity index (χ2v) is 7.23. The number of ether oxygens (including phenoxy) is 1. The molecule has 0 aliphatic carbocycles. The summed E-state index contributed by atoms with van der Waals surface area (Å²) in [5.74, 6) is 0.814. The number of nitrogens with zero attached hydrogens (tertiary/aromatic N) is 3. The Hall–Kier alpha value is -2.77. The van der Waals surface area contributed by atoms with Gasteiger partial charge in [-0.25, -0.2) is 9.97 Å². The molecular weight excluding hydrogens is 360 g/mol. The van der Waals surface area contributed by atoms with Crippen molar-refractivity contribution >= 4 is 23.1 Å². The molecule has 138 valence electrons. The summed E-state index contributed by atoms with van der Waals surface area (Å²) in [4.78, 5) is 24.1. The van der Waals surface area contributed by atoms with Crippen molar-refractivity contribution in [3.63, 3.8) is 0 Å². The summed E-state index contributed by atoms with van der Waals surface area (Å²) >= 11 is 1.40. The Bertz CT molecular complexity index is 907. The van der Waals surface area contributed by atoms with E-state index in [1.54, 1.807) is 12.4 Å². The zero-order chi connectivity index (χ0) is 18.5. The molecule has 1 fully saturated rings. The molecule has 27 heavy (non-hydrogen) atoms. The van der Waals surface area contributed by atoms with Gasteiger partial charge in [-0.15, -0.1) is 11.3 Å². The first-order chi connectivity index (χ1) is 13.3. The van der Waals surface area contributed by atoms with Crippen molar-refractivity contribution in [2.24, 2.45) is 0 Å². The second kappa shape index (κ2) is 8.28. The highest BCUT2D eigenvalue weighted by Gasteiger charge is 2.14.